The molecule has 0 aromatic heterocycles. The molecule has 0 aliphatic carbocycles. The number of methoxy groups -OCH3 is 1. The van der Waals surface area contributed by atoms with E-state index in [0.29, 0.717) is 12.2 Å². The van der Waals surface area contributed by atoms with E-state index in [1.54, 1.807) is 18.2 Å². The van der Waals surface area contributed by atoms with Gasteiger partial charge in [0.05, 0.1) is 29.3 Å². The van der Waals surface area contributed by atoms with Crippen LogP contribution >= 0.6 is 0 Å². The van der Waals surface area contributed by atoms with Crippen molar-refractivity contribution in [2.75, 3.05) is 11.8 Å². The first kappa shape index (κ1) is 22.4. The van der Waals surface area contributed by atoms with Crippen molar-refractivity contribution in [3.8, 4) is 5.75 Å². The van der Waals surface area contributed by atoms with Gasteiger partial charge in [0, 0.05) is 0 Å². The fourth-order valence-corrected chi connectivity index (χ4v) is 4.27. The molecule has 0 fully saturated rings. The van der Waals surface area contributed by atoms with E-state index >= 15 is 0 Å². The van der Waals surface area contributed by atoms with Crippen LogP contribution in [0, 0.1) is 6.92 Å². The molecule has 7 heteroatoms. The number of anilines is 1. The van der Waals surface area contributed by atoms with Gasteiger partial charge in [0.2, 0.25) is 0 Å². The van der Waals surface area contributed by atoms with Crippen LogP contribution in [0.5, 0.6) is 5.75 Å². The van der Waals surface area contributed by atoms with Crippen LogP contribution in [0.4, 0.5) is 5.69 Å². The van der Waals surface area contributed by atoms with Crippen LogP contribution in [-0.4, -0.2) is 21.4 Å². The lowest BCUT2D eigenvalue weighted by atomic mass is 10.0. The molecular weight excluding hydrogens is 412 g/mol. The molecule has 0 saturated heterocycles. The zero-order valence-corrected chi connectivity index (χ0v) is 18.6. The molecular formula is C24H26N2O4S. The summed E-state index contributed by atoms with van der Waals surface area (Å²) in [6, 6.07) is 20.6. The van der Waals surface area contributed by atoms with Crippen molar-refractivity contribution in [1.29, 1.82) is 0 Å². The minimum absolute atomic E-state index is 0.121. The molecule has 0 unspecified atom stereocenters. The highest BCUT2D eigenvalue weighted by molar-refractivity contribution is 7.92. The van der Waals surface area contributed by atoms with Crippen LogP contribution in [0.15, 0.2) is 77.7 Å². The lowest BCUT2D eigenvalue weighted by Crippen LogP contribution is -2.29. The molecule has 6 nitrogen and oxygen atoms in total. The van der Waals surface area contributed by atoms with Gasteiger partial charge in [-0.3, -0.25) is 9.52 Å². The van der Waals surface area contributed by atoms with E-state index in [4.69, 9.17) is 4.74 Å². The lowest BCUT2D eigenvalue weighted by Gasteiger charge is -2.19. The second-order valence-corrected chi connectivity index (χ2v) is 8.86. The van der Waals surface area contributed by atoms with Crippen LogP contribution in [0.3, 0.4) is 0 Å². The number of nitrogens with one attached hydrogen (secondary N) is 2. The van der Waals surface area contributed by atoms with Crippen LogP contribution in [-0.2, 0) is 10.0 Å². The maximum absolute atomic E-state index is 13.1. The number of hydrogen-bond acceptors (Lipinski definition) is 4. The Morgan fingerprint density at radius 2 is 1.68 bits per heavy atom. The Labute approximate surface area is 183 Å². The first-order chi connectivity index (χ1) is 14.8. The molecule has 3 aromatic rings. The number of rotatable bonds is 8. The zero-order chi connectivity index (χ0) is 22.4. The second-order valence-electron chi connectivity index (χ2n) is 7.18. The number of carbonyl (C=O) groups is 1. The minimum atomic E-state index is -3.86. The van der Waals surface area contributed by atoms with Crippen molar-refractivity contribution in [3.05, 3.63) is 89.5 Å². The number of hydrogen-bond donors (Lipinski definition) is 2. The largest absolute Gasteiger partial charge is 0.497 e. The van der Waals surface area contributed by atoms with E-state index in [1.807, 2.05) is 44.2 Å². The van der Waals surface area contributed by atoms with E-state index in [1.165, 1.54) is 31.4 Å². The predicted octanol–water partition coefficient (Wildman–Crippen LogP) is 4.69. The van der Waals surface area contributed by atoms with Crippen LogP contribution in [0.1, 0.15) is 40.9 Å². The van der Waals surface area contributed by atoms with Gasteiger partial charge in [-0.2, -0.15) is 0 Å². The Bertz CT molecular complexity index is 1140. The first-order valence-corrected chi connectivity index (χ1v) is 11.5. The van der Waals surface area contributed by atoms with Gasteiger partial charge in [-0.25, -0.2) is 8.42 Å². The summed E-state index contributed by atoms with van der Waals surface area (Å²) in [4.78, 5) is 13.3. The highest BCUT2D eigenvalue weighted by Gasteiger charge is 2.21. The summed E-state index contributed by atoms with van der Waals surface area (Å²) in [7, 11) is -2.37. The molecule has 0 spiro atoms. The third-order valence-corrected chi connectivity index (χ3v) is 6.34. The Kier molecular flexibility index (Phi) is 6.97. The van der Waals surface area contributed by atoms with Crippen molar-refractivity contribution in [2.24, 2.45) is 0 Å². The fourth-order valence-electron chi connectivity index (χ4n) is 3.19. The zero-order valence-electron chi connectivity index (χ0n) is 17.8. The van der Waals surface area contributed by atoms with E-state index in [2.05, 4.69) is 10.0 Å². The minimum Gasteiger partial charge on any atom is -0.497 e. The van der Waals surface area contributed by atoms with Gasteiger partial charge in [-0.15, -0.1) is 0 Å². The second kappa shape index (κ2) is 9.66. The Morgan fingerprint density at radius 3 is 2.29 bits per heavy atom. The van der Waals surface area contributed by atoms with E-state index in [-0.39, 0.29) is 22.2 Å². The van der Waals surface area contributed by atoms with Gasteiger partial charge in [-0.1, -0.05) is 55.0 Å². The number of sulfonamides is 1. The van der Waals surface area contributed by atoms with Crippen molar-refractivity contribution in [1.82, 2.24) is 5.32 Å². The lowest BCUT2D eigenvalue weighted by molar-refractivity contribution is 0.0936. The molecule has 0 saturated carbocycles. The Hall–Kier alpha value is -3.32. The molecule has 3 rings (SSSR count). The number of carbonyl (C=O) groups excluding carboxylic acids is 1. The molecule has 162 valence electrons. The summed E-state index contributed by atoms with van der Waals surface area (Å²) in [5.41, 5.74) is 2.30. The van der Waals surface area contributed by atoms with Gasteiger partial charge in [0.1, 0.15) is 5.75 Å². The molecule has 0 bridgehead atoms. The highest BCUT2D eigenvalue weighted by atomic mass is 32.2. The maximum Gasteiger partial charge on any atom is 0.261 e. The predicted molar refractivity (Wildman–Crippen MR) is 122 cm³/mol. The molecule has 2 N–H and O–H groups in total. The summed E-state index contributed by atoms with van der Waals surface area (Å²) < 4.78 is 33.5. The molecule has 31 heavy (non-hydrogen) atoms. The van der Waals surface area contributed by atoms with Crippen molar-refractivity contribution in [2.45, 2.75) is 31.2 Å². The van der Waals surface area contributed by atoms with Crippen molar-refractivity contribution in [3.63, 3.8) is 0 Å². The first-order valence-electron chi connectivity index (χ1n) is 9.97. The number of benzene rings is 3. The number of amides is 1. The monoisotopic (exact) mass is 438 g/mol. The van der Waals surface area contributed by atoms with Gasteiger partial charge >= 0.3 is 0 Å². The van der Waals surface area contributed by atoms with E-state index < -0.39 is 15.9 Å². The summed E-state index contributed by atoms with van der Waals surface area (Å²) in [6.07, 6.45) is 0.685. The van der Waals surface area contributed by atoms with Crippen LogP contribution in [0.2, 0.25) is 0 Å². The SMILES string of the molecule is CC[C@H](NC(=O)c1cc(OC)ccc1NS(=O)(=O)c1ccc(C)cc1)c1ccccc1. The third kappa shape index (κ3) is 5.44. The number of ether oxygens (including phenoxy) is 1. The van der Waals surface area contributed by atoms with Crippen molar-refractivity contribution >= 4 is 21.6 Å². The summed E-state index contributed by atoms with van der Waals surface area (Å²) >= 11 is 0. The van der Waals surface area contributed by atoms with Crippen molar-refractivity contribution < 1.29 is 17.9 Å². The Morgan fingerprint density at radius 1 is 1.00 bits per heavy atom. The molecule has 0 aliphatic heterocycles. The molecule has 0 aliphatic rings. The molecule has 0 heterocycles. The smallest absolute Gasteiger partial charge is 0.261 e. The van der Waals surface area contributed by atoms with Gasteiger partial charge < -0.3 is 10.1 Å². The maximum atomic E-state index is 13.1. The van der Waals surface area contributed by atoms with E-state index in [0.717, 1.165) is 11.1 Å². The molecule has 0 radical (unpaired) electrons. The number of aryl methyl sites for hydroxylation is 1. The summed E-state index contributed by atoms with van der Waals surface area (Å²) in [5, 5.41) is 2.99. The van der Waals surface area contributed by atoms with Crippen LogP contribution in [0.25, 0.3) is 0 Å². The van der Waals surface area contributed by atoms with Crippen LogP contribution < -0.4 is 14.8 Å². The average Bonchev–Trinajstić information content (AvgIpc) is 2.78. The molecule has 3 aromatic carbocycles. The molecule has 1 amide bonds. The Balaban J connectivity index is 1.92. The fraction of sp³-hybridized carbons (Fsp3) is 0.208. The highest BCUT2D eigenvalue weighted by Crippen LogP contribution is 2.26. The van der Waals surface area contributed by atoms with Gasteiger partial charge in [0.25, 0.3) is 15.9 Å². The summed E-state index contributed by atoms with van der Waals surface area (Å²) in [6.45, 7) is 3.86. The third-order valence-electron chi connectivity index (χ3n) is 4.96. The van der Waals surface area contributed by atoms with Gasteiger partial charge in [-0.05, 0) is 49.2 Å². The molecule has 1 atom stereocenters. The summed E-state index contributed by atoms with van der Waals surface area (Å²) in [5.74, 6) is 0.0624. The topological polar surface area (TPSA) is 84.5 Å². The van der Waals surface area contributed by atoms with E-state index in [9.17, 15) is 13.2 Å². The average molecular weight is 439 g/mol. The van der Waals surface area contributed by atoms with Gasteiger partial charge in [0.15, 0.2) is 0 Å². The standard InChI is InChI=1S/C24H26N2O4S/c1-4-22(18-8-6-5-7-9-18)25-24(27)21-16-19(30-3)12-15-23(21)26-31(28,29)20-13-10-17(2)11-14-20/h5-16,22,26H,4H2,1-3H3,(H,25,27)/t22-/m0/s1. The normalized spacial score (nSPS) is 12.1. The quantitative estimate of drug-likeness (QED) is 0.535.